The normalized spacial score (nSPS) is 15.8. The third-order valence-corrected chi connectivity index (χ3v) is 3.28. The number of hydrogen-bond acceptors (Lipinski definition) is 1. The van der Waals surface area contributed by atoms with Gasteiger partial charge in [-0.3, -0.25) is 0 Å². The average Bonchev–Trinajstić information content (AvgIpc) is 3.10. The first-order chi connectivity index (χ1) is 8.95. The van der Waals surface area contributed by atoms with E-state index in [1.165, 1.54) is 19.3 Å². The van der Waals surface area contributed by atoms with E-state index in [9.17, 15) is 17.6 Å². The predicted octanol–water partition coefficient (Wildman–Crippen LogP) is 4.12. The Balaban J connectivity index is 1.83. The number of alkyl halides is 3. The van der Waals surface area contributed by atoms with Gasteiger partial charge in [-0.15, -0.1) is 0 Å². The second kappa shape index (κ2) is 5.90. The zero-order valence-corrected chi connectivity index (χ0v) is 10.6. The van der Waals surface area contributed by atoms with Crippen LogP contribution in [0.2, 0.25) is 0 Å². The minimum Gasteiger partial charge on any atom is -0.313 e. The molecule has 2 rings (SSSR count). The van der Waals surface area contributed by atoms with Gasteiger partial charge in [-0.1, -0.05) is 12.8 Å². The van der Waals surface area contributed by atoms with Crippen molar-refractivity contribution in [3.63, 3.8) is 0 Å². The molecule has 0 saturated heterocycles. The molecule has 0 aromatic heterocycles. The predicted molar refractivity (Wildman–Crippen MR) is 65.1 cm³/mol. The molecule has 5 heteroatoms. The lowest BCUT2D eigenvalue weighted by Crippen LogP contribution is -2.16. The monoisotopic (exact) mass is 275 g/mol. The maximum atomic E-state index is 13.1. The molecule has 1 aromatic carbocycles. The lowest BCUT2D eigenvalue weighted by atomic mass is 10.1. The van der Waals surface area contributed by atoms with Gasteiger partial charge in [0.1, 0.15) is 5.82 Å². The Morgan fingerprint density at radius 3 is 2.53 bits per heavy atom. The molecule has 0 unspecified atom stereocenters. The second-order valence-electron chi connectivity index (χ2n) is 5.11. The fraction of sp³-hybridized carbons (Fsp3) is 0.571. The minimum absolute atomic E-state index is 0.269. The highest BCUT2D eigenvalue weighted by atomic mass is 19.4. The van der Waals surface area contributed by atoms with E-state index in [0.717, 1.165) is 31.0 Å². The number of benzene rings is 1. The molecule has 1 aliphatic rings. The van der Waals surface area contributed by atoms with Gasteiger partial charge in [-0.05, 0) is 49.1 Å². The maximum absolute atomic E-state index is 13.1. The van der Waals surface area contributed by atoms with Gasteiger partial charge >= 0.3 is 6.18 Å². The summed E-state index contributed by atoms with van der Waals surface area (Å²) in [7, 11) is 0. The Labute approximate surface area is 110 Å². The van der Waals surface area contributed by atoms with Crippen LogP contribution in [0.5, 0.6) is 0 Å². The van der Waals surface area contributed by atoms with Crippen molar-refractivity contribution in [3.8, 4) is 0 Å². The Bertz CT molecular complexity index is 424. The highest BCUT2D eigenvalue weighted by Gasteiger charge is 2.31. The molecule has 1 N–H and O–H groups in total. The highest BCUT2D eigenvalue weighted by molar-refractivity contribution is 5.26. The van der Waals surface area contributed by atoms with E-state index in [1.807, 2.05) is 0 Å². The topological polar surface area (TPSA) is 12.0 Å². The molecule has 106 valence electrons. The van der Waals surface area contributed by atoms with Crippen LogP contribution in [0.4, 0.5) is 17.6 Å². The van der Waals surface area contributed by atoms with Crippen molar-refractivity contribution in [1.82, 2.24) is 5.32 Å². The standard InChI is InChI=1S/C14H17F4N/c15-13-7-11(6-12(8-13)14(16,17)18)9-19-5-1-2-10-3-4-10/h6-8,10,19H,1-5,9H2. The largest absolute Gasteiger partial charge is 0.416 e. The summed E-state index contributed by atoms with van der Waals surface area (Å²) in [6, 6.07) is 2.66. The van der Waals surface area contributed by atoms with Crippen molar-refractivity contribution < 1.29 is 17.6 Å². The van der Waals surface area contributed by atoms with Crippen molar-refractivity contribution >= 4 is 0 Å². The molecule has 1 aromatic rings. The van der Waals surface area contributed by atoms with Gasteiger partial charge < -0.3 is 5.32 Å². The van der Waals surface area contributed by atoms with Gasteiger partial charge in [0.25, 0.3) is 0 Å². The SMILES string of the molecule is Fc1cc(CNCCCC2CC2)cc(C(F)(F)F)c1. The number of halogens is 4. The molecule has 0 aliphatic heterocycles. The van der Waals surface area contributed by atoms with Crippen molar-refractivity contribution in [1.29, 1.82) is 0 Å². The van der Waals surface area contributed by atoms with E-state index in [2.05, 4.69) is 5.32 Å². The van der Waals surface area contributed by atoms with Crippen LogP contribution in [0.25, 0.3) is 0 Å². The van der Waals surface area contributed by atoms with E-state index >= 15 is 0 Å². The fourth-order valence-corrected chi connectivity index (χ4v) is 2.07. The van der Waals surface area contributed by atoms with Gasteiger partial charge in [0.15, 0.2) is 0 Å². The Kier molecular flexibility index (Phi) is 4.45. The maximum Gasteiger partial charge on any atom is 0.416 e. The number of hydrogen-bond donors (Lipinski definition) is 1. The number of nitrogens with one attached hydrogen (secondary N) is 1. The molecule has 19 heavy (non-hydrogen) atoms. The van der Waals surface area contributed by atoms with Crippen LogP contribution in [0.1, 0.15) is 36.8 Å². The van der Waals surface area contributed by atoms with E-state index in [1.54, 1.807) is 0 Å². The molecule has 1 aliphatic carbocycles. The Hall–Kier alpha value is -1.10. The first-order valence-electron chi connectivity index (χ1n) is 6.52. The van der Waals surface area contributed by atoms with Crippen LogP contribution < -0.4 is 5.32 Å². The molecule has 0 amide bonds. The number of rotatable bonds is 6. The summed E-state index contributed by atoms with van der Waals surface area (Å²) < 4.78 is 50.6. The molecule has 0 atom stereocenters. The van der Waals surface area contributed by atoms with Gasteiger partial charge in [-0.2, -0.15) is 13.2 Å². The van der Waals surface area contributed by atoms with Gasteiger partial charge in [0.05, 0.1) is 5.56 Å². The Morgan fingerprint density at radius 1 is 1.16 bits per heavy atom. The molecular formula is C14H17F4N. The van der Waals surface area contributed by atoms with Crippen LogP contribution in [0, 0.1) is 11.7 Å². The van der Waals surface area contributed by atoms with Crippen LogP contribution in [0.3, 0.4) is 0 Å². The third kappa shape index (κ3) is 4.82. The van der Waals surface area contributed by atoms with Crippen LogP contribution in [-0.2, 0) is 12.7 Å². The summed E-state index contributed by atoms with van der Waals surface area (Å²) >= 11 is 0. The van der Waals surface area contributed by atoms with Gasteiger partial charge in [-0.25, -0.2) is 4.39 Å². The quantitative estimate of drug-likeness (QED) is 0.608. The van der Waals surface area contributed by atoms with Crippen molar-refractivity contribution in [2.45, 2.75) is 38.4 Å². The third-order valence-electron chi connectivity index (χ3n) is 3.28. The molecule has 0 spiro atoms. The highest BCUT2D eigenvalue weighted by Crippen LogP contribution is 2.33. The summed E-state index contributed by atoms with van der Waals surface area (Å²) in [5.41, 5.74) is -0.596. The van der Waals surface area contributed by atoms with Crippen LogP contribution in [0.15, 0.2) is 18.2 Å². The Morgan fingerprint density at radius 2 is 1.89 bits per heavy atom. The van der Waals surface area contributed by atoms with E-state index in [4.69, 9.17) is 0 Å². The fourth-order valence-electron chi connectivity index (χ4n) is 2.07. The second-order valence-corrected chi connectivity index (χ2v) is 5.11. The van der Waals surface area contributed by atoms with E-state index in [0.29, 0.717) is 11.6 Å². The van der Waals surface area contributed by atoms with E-state index < -0.39 is 17.6 Å². The van der Waals surface area contributed by atoms with Crippen molar-refractivity contribution in [3.05, 3.63) is 35.1 Å². The van der Waals surface area contributed by atoms with Gasteiger partial charge in [0, 0.05) is 6.54 Å². The molecular weight excluding hydrogens is 258 g/mol. The van der Waals surface area contributed by atoms with Gasteiger partial charge in [0.2, 0.25) is 0 Å². The van der Waals surface area contributed by atoms with Crippen molar-refractivity contribution in [2.75, 3.05) is 6.54 Å². The smallest absolute Gasteiger partial charge is 0.313 e. The molecule has 0 bridgehead atoms. The first-order valence-corrected chi connectivity index (χ1v) is 6.52. The lowest BCUT2D eigenvalue weighted by molar-refractivity contribution is -0.137. The molecule has 0 heterocycles. The molecule has 1 saturated carbocycles. The average molecular weight is 275 g/mol. The zero-order valence-electron chi connectivity index (χ0n) is 10.6. The van der Waals surface area contributed by atoms with Crippen LogP contribution in [-0.4, -0.2) is 6.54 Å². The lowest BCUT2D eigenvalue weighted by Gasteiger charge is -2.10. The molecule has 1 fully saturated rings. The summed E-state index contributed by atoms with van der Waals surface area (Å²) in [5, 5.41) is 3.06. The first kappa shape index (κ1) is 14.3. The summed E-state index contributed by atoms with van der Waals surface area (Å²) in [6.07, 6.45) is 0.302. The summed E-state index contributed by atoms with van der Waals surface area (Å²) in [5.74, 6) is 0.0115. The van der Waals surface area contributed by atoms with Crippen molar-refractivity contribution in [2.24, 2.45) is 5.92 Å². The van der Waals surface area contributed by atoms with Crippen LogP contribution >= 0.6 is 0 Å². The zero-order chi connectivity index (χ0) is 13.9. The summed E-state index contributed by atoms with van der Waals surface area (Å²) in [6.45, 7) is 1.03. The van der Waals surface area contributed by atoms with E-state index in [-0.39, 0.29) is 6.54 Å². The minimum atomic E-state index is -4.50. The molecule has 0 radical (unpaired) electrons. The summed E-state index contributed by atoms with van der Waals surface area (Å²) in [4.78, 5) is 0. The molecule has 1 nitrogen and oxygen atoms in total.